The Bertz CT molecular complexity index is 727. The SMILES string of the molecule is Cc1cn(-c2cc([N+](=O)[O-])c(F)cc2F)nc1C(=O)O. The summed E-state index contributed by atoms with van der Waals surface area (Å²) >= 11 is 0. The molecule has 0 radical (unpaired) electrons. The monoisotopic (exact) mass is 283 g/mol. The molecule has 104 valence electrons. The molecular weight excluding hydrogens is 276 g/mol. The summed E-state index contributed by atoms with van der Waals surface area (Å²) in [7, 11) is 0. The molecule has 2 rings (SSSR count). The number of aromatic carboxylic acids is 1. The molecule has 1 heterocycles. The van der Waals surface area contributed by atoms with Crippen molar-refractivity contribution in [2.75, 3.05) is 0 Å². The second-order valence-corrected chi connectivity index (χ2v) is 3.92. The predicted molar refractivity (Wildman–Crippen MR) is 61.8 cm³/mol. The van der Waals surface area contributed by atoms with Crippen LogP contribution < -0.4 is 0 Å². The van der Waals surface area contributed by atoms with E-state index in [0.29, 0.717) is 12.1 Å². The second-order valence-electron chi connectivity index (χ2n) is 3.92. The number of aromatic nitrogens is 2. The fraction of sp³-hybridized carbons (Fsp3) is 0.0909. The molecule has 0 fully saturated rings. The van der Waals surface area contributed by atoms with Crippen molar-refractivity contribution in [3.05, 3.63) is 51.3 Å². The molecule has 7 nitrogen and oxygen atoms in total. The molecule has 0 aliphatic heterocycles. The van der Waals surface area contributed by atoms with Crippen LogP contribution in [0.3, 0.4) is 0 Å². The van der Waals surface area contributed by atoms with Crippen LogP contribution in [0.25, 0.3) is 5.69 Å². The van der Waals surface area contributed by atoms with E-state index in [0.717, 1.165) is 4.68 Å². The van der Waals surface area contributed by atoms with Crippen molar-refractivity contribution in [2.45, 2.75) is 6.92 Å². The van der Waals surface area contributed by atoms with Gasteiger partial charge < -0.3 is 5.11 Å². The van der Waals surface area contributed by atoms with E-state index in [4.69, 9.17) is 5.11 Å². The third-order valence-electron chi connectivity index (χ3n) is 2.56. The van der Waals surface area contributed by atoms with E-state index in [-0.39, 0.29) is 11.3 Å². The van der Waals surface area contributed by atoms with Crippen LogP contribution in [-0.2, 0) is 0 Å². The molecule has 2 aromatic rings. The largest absolute Gasteiger partial charge is 0.476 e. The summed E-state index contributed by atoms with van der Waals surface area (Å²) in [5, 5.41) is 23.1. The molecule has 0 amide bonds. The predicted octanol–water partition coefficient (Wildman–Crippen LogP) is 2.07. The lowest BCUT2D eigenvalue weighted by molar-refractivity contribution is -0.387. The van der Waals surface area contributed by atoms with Crippen molar-refractivity contribution in [3.63, 3.8) is 0 Å². The molecule has 1 aromatic heterocycles. The Kier molecular flexibility index (Phi) is 3.18. The lowest BCUT2D eigenvalue weighted by Crippen LogP contribution is -2.05. The fourth-order valence-corrected chi connectivity index (χ4v) is 1.64. The Morgan fingerprint density at radius 3 is 2.55 bits per heavy atom. The normalized spacial score (nSPS) is 10.6. The van der Waals surface area contributed by atoms with Gasteiger partial charge in [-0.1, -0.05) is 0 Å². The zero-order chi connectivity index (χ0) is 15.0. The number of hydrogen-bond donors (Lipinski definition) is 1. The van der Waals surface area contributed by atoms with Gasteiger partial charge in [-0.05, 0) is 6.92 Å². The van der Waals surface area contributed by atoms with Crippen molar-refractivity contribution >= 4 is 11.7 Å². The van der Waals surface area contributed by atoms with Crippen LogP contribution in [0.1, 0.15) is 16.1 Å². The highest BCUT2D eigenvalue weighted by Crippen LogP contribution is 2.24. The zero-order valence-electron chi connectivity index (χ0n) is 10.0. The second kappa shape index (κ2) is 4.68. The summed E-state index contributed by atoms with van der Waals surface area (Å²) in [6.07, 6.45) is 1.18. The van der Waals surface area contributed by atoms with Crippen LogP contribution in [0.15, 0.2) is 18.3 Å². The average molecular weight is 283 g/mol. The molecule has 1 N–H and O–H groups in total. The van der Waals surface area contributed by atoms with Crippen LogP contribution in [0, 0.1) is 28.7 Å². The van der Waals surface area contributed by atoms with Gasteiger partial charge in [0.25, 0.3) is 0 Å². The molecule has 0 saturated heterocycles. The fourth-order valence-electron chi connectivity index (χ4n) is 1.64. The first-order valence-corrected chi connectivity index (χ1v) is 5.24. The van der Waals surface area contributed by atoms with Gasteiger partial charge in [-0.25, -0.2) is 13.9 Å². The Morgan fingerprint density at radius 1 is 1.40 bits per heavy atom. The number of carboxylic acid groups (broad SMARTS) is 1. The molecule has 1 aromatic carbocycles. The number of nitro groups is 1. The molecule has 0 spiro atoms. The van der Waals surface area contributed by atoms with Crippen LogP contribution >= 0.6 is 0 Å². The summed E-state index contributed by atoms with van der Waals surface area (Å²) in [4.78, 5) is 20.5. The Balaban J connectivity index is 2.63. The Labute approximate surface area is 110 Å². The molecule has 9 heteroatoms. The van der Waals surface area contributed by atoms with Gasteiger partial charge in [0.05, 0.1) is 4.92 Å². The van der Waals surface area contributed by atoms with Crippen LogP contribution in [0.5, 0.6) is 0 Å². The van der Waals surface area contributed by atoms with E-state index in [1.165, 1.54) is 13.1 Å². The molecule has 0 bridgehead atoms. The average Bonchev–Trinajstić information content (AvgIpc) is 2.70. The van der Waals surface area contributed by atoms with E-state index in [2.05, 4.69) is 5.10 Å². The number of rotatable bonds is 3. The van der Waals surface area contributed by atoms with Gasteiger partial charge in [0.2, 0.25) is 5.82 Å². The Hall–Kier alpha value is -2.84. The first-order valence-electron chi connectivity index (χ1n) is 5.24. The van der Waals surface area contributed by atoms with Gasteiger partial charge in [0, 0.05) is 23.9 Å². The number of nitrogens with zero attached hydrogens (tertiary/aromatic N) is 3. The van der Waals surface area contributed by atoms with Crippen molar-refractivity contribution in [3.8, 4) is 5.69 Å². The highest BCUT2D eigenvalue weighted by atomic mass is 19.1. The maximum atomic E-state index is 13.7. The Morgan fingerprint density at radius 2 is 2.05 bits per heavy atom. The van der Waals surface area contributed by atoms with Gasteiger partial charge >= 0.3 is 11.7 Å². The summed E-state index contributed by atoms with van der Waals surface area (Å²) in [6, 6.07) is 1.01. The molecule has 0 aliphatic carbocycles. The number of halogens is 2. The van der Waals surface area contributed by atoms with E-state index in [1.807, 2.05) is 0 Å². The summed E-state index contributed by atoms with van der Waals surface area (Å²) < 4.78 is 27.7. The number of carboxylic acids is 1. The number of aryl methyl sites for hydroxylation is 1. The third-order valence-corrected chi connectivity index (χ3v) is 2.56. The van der Waals surface area contributed by atoms with Gasteiger partial charge in [-0.3, -0.25) is 10.1 Å². The van der Waals surface area contributed by atoms with Crippen LogP contribution in [0.4, 0.5) is 14.5 Å². The minimum absolute atomic E-state index is 0.240. The van der Waals surface area contributed by atoms with Gasteiger partial charge in [0.15, 0.2) is 11.5 Å². The lowest BCUT2D eigenvalue weighted by atomic mass is 10.2. The van der Waals surface area contributed by atoms with Crippen molar-refractivity contribution in [1.82, 2.24) is 9.78 Å². The summed E-state index contributed by atoms with van der Waals surface area (Å²) in [5.41, 5.74) is -1.42. The van der Waals surface area contributed by atoms with Crippen molar-refractivity contribution in [1.29, 1.82) is 0 Å². The standard InChI is InChI=1S/C11H7F2N3O4/c1-5-4-15(14-10(5)11(17)18)8-3-9(16(19)20)7(13)2-6(8)12/h2-4H,1H3,(H,17,18). The van der Waals surface area contributed by atoms with Gasteiger partial charge in [0.1, 0.15) is 5.69 Å². The maximum absolute atomic E-state index is 13.7. The first kappa shape index (κ1) is 13.6. The smallest absolute Gasteiger partial charge is 0.356 e. The quantitative estimate of drug-likeness (QED) is 0.686. The molecular formula is C11H7F2N3O4. The van der Waals surface area contributed by atoms with Crippen molar-refractivity contribution in [2.24, 2.45) is 0 Å². The number of nitro benzene ring substituents is 1. The lowest BCUT2D eigenvalue weighted by Gasteiger charge is -2.03. The van der Waals surface area contributed by atoms with E-state index in [1.54, 1.807) is 0 Å². The molecule has 20 heavy (non-hydrogen) atoms. The molecule has 0 saturated carbocycles. The van der Waals surface area contributed by atoms with E-state index >= 15 is 0 Å². The first-order chi connectivity index (χ1) is 9.31. The van der Waals surface area contributed by atoms with Gasteiger partial charge in [-0.2, -0.15) is 9.49 Å². The van der Waals surface area contributed by atoms with Crippen LogP contribution in [-0.4, -0.2) is 25.8 Å². The topological polar surface area (TPSA) is 98.3 Å². The highest BCUT2D eigenvalue weighted by Gasteiger charge is 2.21. The zero-order valence-corrected chi connectivity index (χ0v) is 10.0. The maximum Gasteiger partial charge on any atom is 0.356 e. The minimum atomic E-state index is -1.32. The third kappa shape index (κ3) is 2.20. The molecule has 0 atom stereocenters. The highest BCUT2D eigenvalue weighted by molar-refractivity contribution is 5.86. The van der Waals surface area contributed by atoms with Crippen molar-refractivity contribution < 1.29 is 23.6 Å². The molecule has 0 unspecified atom stereocenters. The van der Waals surface area contributed by atoms with E-state index in [9.17, 15) is 23.7 Å². The summed E-state index contributed by atoms with van der Waals surface area (Å²) in [5.74, 6) is -3.73. The minimum Gasteiger partial charge on any atom is -0.476 e. The number of benzene rings is 1. The number of hydrogen-bond acceptors (Lipinski definition) is 4. The van der Waals surface area contributed by atoms with E-state index < -0.39 is 33.9 Å². The van der Waals surface area contributed by atoms with Gasteiger partial charge in [-0.15, -0.1) is 0 Å². The van der Waals surface area contributed by atoms with Crippen LogP contribution in [0.2, 0.25) is 0 Å². The molecule has 0 aliphatic rings. The summed E-state index contributed by atoms with van der Waals surface area (Å²) in [6.45, 7) is 1.43. The number of carbonyl (C=O) groups is 1.